The first-order valence-corrected chi connectivity index (χ1v) is 6.27. The van der Waals surface area contributed by atoms with E-state index in [4.69, 9.17) is 5.26 Å². The summed E-state index contributed by atoms with van der Waals surface area (Å²) in [6.07, 6.45) is 2.52. The van der Waals surface area contributed by atoms with E-state index in [1.807, 2.05) is 36.5 Å². The van der Waals surface area contributed by atoms with Crippen LogP contribution in [0.4, 0.5) is 0 Å². The number of hydrogen-bond donors (Lipinski definition) is 2. The minimum absolute atomic E-state index is 0.130. The topological polar surface area (TPSA) is 90.5 Å². The smallest absolute Gasteiger partial charge is 0.130 e. The Morgan fingerprint density at radius 3 is 3.00 bits per heavy atom. The van der Waals surface area contributed by atoms with E-state index in [1.165, 1.54) is 4.68 Å². The van der Waals surface area contributed by atoms with Crippen molar-refractivity contribution >= 4 is 10.9 Å². The molecule has 20 heavy (non-hydrogen) atoms. The van der Waals surface area contributed by atoms with Crippen molar-refractivity contribution < 1.29 is 5.11 Å². The molecule has 2 heterocycles. The summed E-state index contributed by atoms with van der Waals surface area (Å²) in [5.41, 5.74) is 3.45. The Morgan fingerprint density at radius 2 is 2.20 bits per heavy atom. The Kier molecular flexibility index (Phi) is 3.19. The lowest BCUT2D eigenvalue weighted by Crippen LogP contribution is -2.06. The van der Waals surface area contributed by atoms with Gasteiger partial charge in [-0.25, -0.2) is 4.68 Å². The fourth-order valence-electron chi connectivity index (χ4n) is 2.34. The first kappa shape index (κ1) is 12.4. The second-order valence-corrected chi connectivity index (χ2v) is 4.49. The van der Waals surface area contributed by atoms with E-state index in [1.54, 1.807) is 0 Å². The van der Waals surface area contributed by atoms with E-state index >= 15 is 0 Å². The molecular weight excluding hydrogens is 254 g/mol. The van der Waals surface area contributed by atoms with Gasteiger partial charge < -0.3 is 10.1 Å². The number of benzene rings is 1. The number of aliphatic hydroxyl groups excluding tert-OH is 1. The average Bonchev–Trinajstić information content (AvgIpc) is 3.05. The molecule has 0 amide bonds. The van der Waals surface area contributed by atoms with E-state index in [2.05, 4.69) is 15.3 Å². The maximum atomic E-state index is 9.34. The summed E-state index contributed by atoms with van der Waals surface area (Å²) in [7, 11) is 0. The maximum absolute atomic E-state index is 9.34. The summed E-state index contributed by atoms with van der Waals surface area (Å²) in [6, 6.07) is 10.1. The molecule has 0 unspecified atom stereocenters. The van der Waals surface area contributed by atoms with Crippen LogP contribution < -0.4 is 0 Å². The van der Waals surface area contributed by atoms with E-state index in [9.17, 15) is 5.11 Å². The number of nitrogens with zero attached hydrogens (tertiary/aromatic N) is 4. The molecule has 0 aliphatic rings. The van der Waals surface area contributed by atoms with E-state index in [0.717, 1.165) is 22.2 Å². The van der Waals surface area contributed by atoms with Crippen molar-refractivity contribution in [2.24, 2.45) is 0 Å². The number of rotatable bonds is 4. The Hall–Kier alpha value is -2.65. The molecule has 0 bridgehead atoms. The number of aromatic amines is 1. The lowest BCUT2D eigenvalue weighted by molar-refractivity contribution is 0.275. The van der Waals surface area contributed by atoms with Gasteiger partial charge in [-0.3, -0.25) is 0 Å². The Balaban J connectivity index is 2.02. The predicted octanol–water partition coefficient (Wildman–Crippen LogP) is 1.37. The van der Waals surface area contributed by atoms with Crippen LogP contribution in [0.25, 0.3) is 10.9 Å². The fourth-order valence-corrected chi connectivity index (χ4v) is 2.34. The van der Waals surface area contributed by atoms with Crippen LogP contribution in [-0.4, -0.2) is 25.1 Å². The summed E-state index contributed by atoms with van der Waals surface area (Å²) < 4.78 is 1.54. The standard InChI is InChI=1S/C14H13N5O/c15-5-6-19-14(13(9-20)17-18-19)7-10-8-16-12-4-2-1-3-11(10)12/h1-4,8,16,20H,6-7,9H2. The van der Waals surface area contributed by atoms with Gasteiger partial charge in [-0.1, -0.05) is 23.4 Å². The highest BCUT2D eigenvalue weighted by Crippen LogP contribution is 2.21. The second-order valence-electron chi connectivity index (χ2n) is 4.49. The van der Waals surface area contributed by atoms with Gasteiger partial charge in [0.25, 0.3) is 0 Å². The van der Waals surface area contributed by atoms with Gasteiger partial charge >= 0.3 is 0 Å². The molecule has 0 radical (unpaired) electrons. The van der Waals surface area contributed by atoms with Crippen molar-refractivity contribution in [2.75, 3.05) is 0 Å². The Labute approximate surface area is 115 Å². The van der Waals surface area contributed by atoms with Crippen molar-refractivity contribution in [2.45, 2.75) is 19.6 Å². The van der Waals surface area contributed by atoms with Crippen LogP contribution in [0.2, 0.25) is 0 Å². The number of aliphatic hydroxyl groups is 1. The highest BCUT2D eigenvalue weighted by Gasteiger charge is 2.14. The lowest BCUT2D eigenvalue weighted by Gasteiger charge is -2.03. The highest BCUT2D eigenvalue weighted by atomic mass is 16.3. The Morgan fingerprint density at radius 1 is 1.35 bits per heavy atom. The molecule has 0 saturated carbocycles. The molecule has 3 aromatic rings. The summed E-state index contributed by atoms with van der Waals surface area (Å²) in [6.45, 7) is -0.0478. The monoisotopic (exact) mass is 267 g/mol. The van der Waals surface area contributed by atoms with E-state index in [-0.39, 0.29) is 13.2 Å². The zero-order valence-corrected chi connectivity index (χ0v) is 10.7. The highest BCUT2D eigenvalue weighted by molar-refractivity contribution is 5.83. The molecule has 0 aliphatic heterocycles. The van der Waals surface area contributed by atoms with Crippen LogP contribution in [0.15, 0.2) is 30.5 Å². The average molecular weight is 267 g/mol. The largest absolute Gasteiger partial charge is 0.390 e. The number of nitrogens with one attached hydrogen (secondary N) is 1. The van der Waals surface area contributed by atoms with Crippen molar-refractivity contribution in [3.63, 3.8) is 0 Å². The van der Waals surface area contributed by atoms with Gasteiger partial charge in [-0.15, -0.1) is 5.10 Å². The summed E-state index contributed by atoms with van der Waals surface area (Å²) in [5, 5.41) is 27.1. The molecule has 100 valence electrons. The van der Waals surface area contributed by atoms with Gasteiger partial charge in [0.15, 0.2) is 0 Å². The minimum Gasteiger partial charge on any atom is -0.390 e. The fraction of sp³-hybridized carbons (Fsp3) is 0.214. The Bertz CT molecular complexity index is 780. The second kappa shape index (κ2) is 5.15. The number of hydrogen-bond acceptors (Lipinski definition) is 4. The first-order chi connectivity index (χ1) is 9.83. The van der Waals surface area contributed by atoms with Gasteiger partial charge in [0, 0.05) is 23.5 Å². The molecule has 2 aromatic heterocycles. The van der Waals surface area contributed by atoms with Crippen LogP contribution in [0.1, 0.15) is 17.0 Å². The molecule has 6 nitrogen and oxygen atoms in total. The normalized spacial score (nSPS) is 10.8. The van der Waals surface area contributed by atoms with Crippen molar-refractivity contribution in [3.8, 4) is 6.07 Å². The molecule has 3 rings (SSSR count). The maximum Gasteiger partial charge on any atom is 0.130 e. The predicted molar refractivity (Wildman–Crippen MR) is 72.7 cm³/mol. The third-order valence-electron chi connectivity index (χ3n) is 3.32. The van der Waals surface area contributed by atoms with Crippen molar-refractivity contribution in [3.05, 3.63) is 47.4 Å². The lowest BCUT2D eigenvalue weighted by atomic mass is 10.1. The molecular formula is C14H13N5O. The molecule has 0 spiro atoms. The number of nitriles is 1. The summed E-state index contributed by atoms with van der Waals surface area (Å²) in [5.74, 6) is 0. The molecule has 0 saturated heterocycles. The zero-order valence-electron chi connectivity index (χ0n) is 10.7. The SMILES string of the molecule is N#CCn1nnc(CO)c1Cc1c[nH]c2ccccc12. The van der Waals surface area contributed by atoms with Gasteiger partial charge in [0.2, 0.25) is 0 Å². The van der Waals surface area contributed by atoms with Crippen LogP contribution in [-0.2, 0) is 19.6 Å². The number of para-hydroxylation sites is 1. The van der Waals surface area contributed by atoms with Crippen LogP contribution in [0.5, 0.6) is 0 Å². The van der Waals surface area contributed by atoms with E-state index < -0.39 is 0 Å². The van der Waals surface area contributed by atoms with Gasteiger partial charge in [-0.2, -0.15) is 5.26 Å². The molecule has 6 heteroatoms. The first-order valence-electron chi connectivity index (χ1n) is 6.27. The van der Waals surface area contributed by atoms with Crippen molar-refractivity contribution in [1.82, 2.24) is 20.0 Å². The molecule has 1 aromatic carbocycles. The molecule has 0 fully saturated rings. The summed E-state index contributed by atoms with van der Waals surface area (Å²) >= 11 is 0. The number of fused-ring (bicyclic) bond motifs is 1. The van der Waals surface area contributed by atoms with Crippen molar-refractivity contribution in [1.29, 1.82) is 5.26 Å². The van der Waals surface area contributed by atoms with E-state index in [0.29, 0.717) is 12.1 Å². The van der Waals surface area contributed by atoms with Crippen LogP contribution >= 0.6 is 0 Å². The third-order valence-corrected chi connectivity index (χ3v) is 3.32. The molecule has 0 atom stereocenters. The molecule has 2 N–H and O–H groups in total. The van der Waals surface area contributed by atoms with Gasteiger partial charge in [-0.05, 0) is 11.6 Å². The van der Waals surface area contributed by atoms with Gasteiger partial charge in [0.1, 0.15) is 12.2 Å². The third kappa shape index (κ3) is 2.04. The van der Waals surface area contributed by atoms with Crippen LogP contribution in [0, 0.1) is 11.3 Å². The minimum atomic E-state index is -0.177. The van der Waals surface area contributed by atoms with Gasteiger partial charge in [0.05, 0.1) is 18.4 Å². The molecule has 0 aliphatic carbocycles. The summed E-state index contributed by atoms with van der Waals surface area (Å²) in [4.78, 5) is 3.21. The number of H-pyrrole nitrogens is 1. The number of aromatic nitrogens is 4. The zero-order chi connectivity index (χ0) is 13.9. The van der Waals surface area contributed by atoms with Crippen LogP contribution in [0.3, 0.4) is 0 Å². The quantitative estimate of drug-likeness (QED) is 0.746.